The van der Waals surface area contributed by atoms with E-state index in [1.165, 1.54) is 0 Å². The summed E-state index contributed by atoms with van der Waals surface area (Å²) in [5.74, 6) is 1.12. The van der Waals surface area contributed by atoms with Gasteiger partial charge in [0, 0.05) is 6.54 Å². The number of nitrogens with one attached hydrogen (secondary N) is 1. The van der Waals surface area contributed by atoms with E-state index in [1.807, 2.05) is 6.92 Å². The van der Waals surface area contributed by atoms with E-state index in [2.05, 4.69) is 24.3 Å². The molecule has 0 fully saturated rings. The number of carbonyl (C=O) groups is 1. The van der Waals surface area contributed by atoms with E-state index in [-0.39, 0.29) is 5.91 Å². The summed E-state index contributed by atoms with van der Waals surface area (Å²) in [6.45, 7) is 8.69. The van der Waals surface area contributed by atoms with Gasteiger partial charge in [0.2, 0.25) is 0 Å². The number of carbonyl (C=O) groups excluding carboxylic acids is 1. The van der Waals surface area contributed by atoms with Crippen LogP contribution < -0.4 is 5.32 Å². The van der Waals surface area contributed by atoms with Crippen LogP contribution in [0.5, 0.6) is 0 Å². The molecule has 0 aromatic carbocycles. The average molecular weight is 224 g/mol. The van der Waals surface area contributed by atoms with Crippen LogP contribution in [0.4, 0.5) is 0 Å². The van der Waals surface area contributed by atoms with Gasteiger partial charge in [-0.1, -0.05) is 25.9 Å². The fourth-order valence-electron chi connectivity index (χ4n) is 1.51. The van der Waals surface area contributed by atoms with Crippen molar-refractivity contribution in [3.8, 4) is 0 Å². The van der Waals surface area contributed by atoms with E-state index < -0.39 is 0 Å². The number of aromatic nitrogens is 1. The fourth-order valence-corrected chi connectivity index (χ4v) is 1.51. The van der Waals surface area contributed by atoms with Gasteiger partial charge >= 0.3 is 0 Å². The largest absolute Gasteiger partial charge is 0.361 e. The van der Waals surface area contributed by atoms with Gasteiger partial charge in [-0.2, -0.15) is 0 Å². The van der Waals surface area contributed by atoms with Crippen molar-refractivity contribution in [2.75, 3.05) is 6.54 Å². The zero-order chi connectivity index (χ0) is 12.1. The Balaban J connectivity index is 2.62. The van der Waals surface area contributed by atoms with Crippen molar-refractivity contribution in [3.05, 3.63) is 17.0 Å². The number of nitrogens with zero attached hydrogens (tertiary/aromatic N) is 1. The van der Waals surface area contributed by atoms with Gasteiger partial charge < -0.3 is 9.84 Å². The van der Waals surface area contributed by atoms with E-state index in [0.717, 1.165) is 12.1 Å². The molecule has 16 heavy (non-hydrogen) atoms. The SMILES string of the molecule is CCc1noc(C)c1C(=O)NCCC(C)C. The molecule has 1 aromatic rings. The normalized spacial score (nSPS) is 10.8. The molecule has 90 valence electrons. The zero-order valence-electron chi connectivity index (χ0n) is 10.5. The minimum atomic E-state index is -0.0729. The summed E-state index contributed by atoms with van der Waals surface area (Å²) >= 11 is 0. The van der Waals surface area contributed by atoms with Gasteiger partial charge in [0.05, 0.1) is 5.69 Å². The summed E-state index contributed by atoms with van der Waals surface area (Å²) in [7, 11) is 0. The van der Waals surface area contributed by atoms with Crippen LogP contribution in [0.2, 0.25) is 0 Å². The van der Waals surface area contributed by atoms with E-state index in [9.17, 15) is 4.79 Å². The maximum atomic E-state index is 11.9. The Bertz CT molecular complexity index is 356. The minimum Gasteiger partial charge on any atom is -0.361 e. The lowest BCUT2D eigenvalue weighted by Gasteiger charge is -2.06. The lowest BCUT2D eigenvalue weighted by atomic mass is 10.1. The Morgan fingerprint density at radius 2 is 2.19 bits per heavy atom. The molecule has 0 saturated carbocycles. The lowest BCUT2D eigenvalue weighted by molar-refractivity contribution is 0.0949. The predicted octanol–water partition coefficient (Wildman–Crippen LogP) is 2.32. The quantitative estimate of drug-likeness (QED) is 0.835. The van der Waals surface area contributed by atoms with E-state index in [4.69, 9.17) is 4.52 Å². The van der Waals surface area contributed by atoms with E-state index in [0.29, 0.717) is 30.2 Å². The summed E-state index contributed by atoms with van der Waals surface area (Å²) < 4.78 is 5.02. The van der Waals surface area contributed by atoms with Gasteiger partial charge in [0.25, 0.3) is 5.91 Å². The molecule has 4 nitrogen and oxygen atoms in total. The second kappa shape index (κ2) is 5.68. The molecule has 0 bridgehead atoms. The molecule has 1 heterocycles. The van der Waals surface area contributed by atoms with Gasteiger partial charge in [0.1, 0.15) is 11.3 Å². The summed E-state index contributed by atoms with van der Waals surface area (Å²) in [6, 6.07) is 0. The van der Waals surface area contributed by atoms with Crippen LogP contribution in [-0.2, 0) is 6.42 Å². The first-order chi connectivity index (χ1) is 7.56. The Labute approximate surface area is 96.4 Å². The summed E-state index contributed by atoms with van der Waals surface area (Å²) in [5, 5.41) is 6.76. The number of hydrogen-bond donors (Lipinski definition) is 1. The van der Waals surface area contributed by atoms with Gasteiger partial charge in [-0.05, 0) is 25.7 Å². The second-order valence-electron chi connectivity index (χ2n) is 4.35. The Morgan fingerprint density at radius 1 is 1.50 bits per heavy atom. The highest BCUT2D eigenvalue weighted by atomic mass is 16.5. The molecule has 0 unspecified atom stereocenters. The molecule has 1 aromatic heterocycles. The van der Waals surface area contributed by atoms with Crippen LogP contribution in [-0.4, -0.2) is 17.6 Å². The molecule has 1 N–H and O–H groups in total. The summed E-state index contributed by atoms with van der Waals surface area (Å²) in [4.78, 5) is 11.9. The number of hydrogen-bond acceptors (Lipinski definition) is 3. The molecule has 0 aliphatic heterocycles. The molecular formula is C12H20N2O2. The van der Waals surface area contributed by atoms with Crippen LogP contribution in [0.25, 0.3) is 0 Å². The minimum absolute atomic E-state index is 0.0729. The molecule has 0 aliphatic carbocycles. The number of amides is 1. The summed E-state index contributed by atoms with van der Waals surface area (Å²) in [5.41, 5.74) is 1.34. The standard InChI is InChI=1S/C12H20N2O2/c1-5-10-11(9(4)16-14-10)12(15)13-7-6-8(2)3/h8H,5-7H2,1-4H3,(H,13,15). The van der Waals surface area contributed by atoms with E-state index >= 15 is 0 Å². The van der Waals surface area contributed by atoms with Crippen LogP contribution in [0.15, 0.2) is 4.52 Å². The number of aryl methyl sites for hydroxylation is 2. The fraction of sp³-hybridized carbons (Fsp3) is 0.667. The van der Waals surface area contributed by atoms with Crippen molar-refractivity contribution >= 4 is 5.91 Å². The third kappa shape index (κ3) is 3.08. The maximum Gasteiger partial charge on any atom is 0.256 e. The first-order valence-electron chi connectivity index (χ1n) is 5.79. The van der Waals surface area contributed by atoms with Crippen molar-refractivity contribution in [2.45, 2.75) is 40.5 Å². The first-order valence-corrected chi connectivity index (χ1v) is 5.79. The highest BCUT2D eigenvalue weighted by molar-refractivity contribution is 5.96. The lowest BCUT2D eigenvalue weighted by Crippen LogP contribution is -2.26. The van der Waals surface area contributed by atoms with Crippen LogP contribution >= 0.6 is 0 Å². The van der Waals surface area contributed by atoms with Crippen molar-refractivity contribution in [1.29, 1.82) is 0 Å². The molecule has 0 saturated heterocycles. The average Bonchev–Trinajstić information content (AvgIpc) is 2.58. The van der Waals surface area contributed by atoms with Crippen molar-refractivity contribution < 1.29 is 9.32 Å². The third-order valence-corrected chi connectivity index (χ3v) is 2.50. The maximum absolute atomic E-state index is 11.9. The van der Waals surface area contributed by atoms with Crippen LogP contribution in [0.3, 0.4) is 0 Å². The van der Waals surface area contributed by atoms with Gasteiger partial charge in [0.15, 0.2) is 0 Å². The molecule has 4 heteroatoms. The third-order valence-electron chi connectivity index (χ3n) is 2.50. The van der Waals surface area contributed by atoms with Gasteiger partial charge in [-0.25, -0.2) is 0 Å². The molecule has 1 rings (SSSR count). The van der Waals surface area contributed by atoms with Crippen molar-refractivity contribution in [1.82, 2.24) is 10.5 Å². The Kier molecular flexibility index (Phi) is 4.52. The first kappa shape index (κ1) is 12.7. The van der Waals surface area contributed by atoms with Crippen LogP contribution in [0, 0.1) is 12.8 Å². The smallest absolute Gasteiger partial charge is 0.256 e. The molecule has 0 aliphatic rings. The number of rotatable bonds is 5. The van der Waals surface area contributed by atoms with Crippen molar-refractivity contribution in [3.63, 3.8) is 0 Å². The summed E-state index contributed by atoms with van der Waals surface area (Å²) in [6.07, 6.45) is 1.70. The van der Waals surface area contributed by atoms with Crippen molar-refractivity contribution in [2.24, 2.45) is 5.92 Å². The van der Waals surface area contributed by atoms with Gasteiger partial charge in [-0.15, -0.1) is 0 Å². The predicted molar refractivity (Wildman–Crippen MR) is 62.4 cm³/mol. The zero-order valence-corrected chi connectivity index (χ0v) is 10.5. The second-order valence-corrected chi connectivity index (χ2v) is 4.35. The molecular weight excluding hydrogens is 204 g/mol. The topological polar surface area (TPSA) is 55.1 Å². The Morgan fingerprint density at radius 3 is 2.75 bits per heavy atom. The molecule has 1 amide bonds. The Hall–Kier alpha value is -1.32. The van der Waals surface area contributed by atoms with E-state index in [1.54, 1.807) is 6.92 Å². The highest BCUT2D eigenvalue weighted by Crippen LogP contribution is 2.13. The highest BCUT2D eigenvalue weighted by Gasteiger charge is 2.18. The molecule has 0 radical (unpaired) electrons. The molecule has 0 spiro atoms. The monoisotopic (exact) mass is 224 g/mol. The molecule has 0 atom stereocenters. The van der Waals surface area contributed by atoms with Gasteiger partial charge in [-0.3, -0.25) is 4.79 Å². The van der Waals surface area contributed by atoms with Crippen LogP contribution in [0.1, 0.15) is 49.0 Å².